The Morgan fingerprint density at radius 1 is 1.37 bits per heavy atom. The Morgan fingerprint density at radius 3 is 2.74 bits per heavy atom. The summed E-state index contributed by atoms with van der Waals surface area (Å²) in [6.45, 7) is 0.326. The van der Waals surface area contributed by atoms with E-state index in [2.05, 4.69) is 0 Å². The van der Waals surface area contributed by atoms with Gasteiger partial charge in [-0.3, -0.25) is 0 Å². The van der Waals surface area contributed by atoms with Gasteiger partial charge in [0.25, 0.3) is 0 Å². The Kier molecular flexibility index (Phi) is 3.97. The molecule has 1 atom stereocenters. The van der Waals surface area contributed by atoms with Crippen molar-refractivity contribution < 1.29 is 18.7 Å². The van der Waals surface area contributed by atoms with Gasteiger partial charge in [-0.25, -0.2) is 9.18 Å². The predicted molar refractivity (Wildman–Crippen MR) is 67.6 cm³/mol. The second kappa shape index (κ2) is 5.67. The number of aromatic carboxylic acids is 1. The van der Waals surface area contributed by atoms with Crippen LogP contribution < -0.4 is 5.73 Å². The topological polar surface area (TPSA) is 76.5 Å². The van der Waals surface area contributed by atoms with Gasteiger partial charge >= 0.3 is 5.97 Å². The van der Waals surface area contributed by atoms with Gasteiger partial charge in [0.15, 0.2) is 0 Å². The average Bonchev–Trinajstić information content (AvgIpc) is 2.84. The van der Waals surface area contributed by atoms with E-state index in [-0.39, 0.29) is 17.5 Å². The van der Waals surface area contributed by atoms with E-state index in [1.165, 1.54) is 18.2 Å². The van der Waals surface area contributed by atoms with Crippen LogP contribution in [0, 0.1) is 5.82 Å². The second-order valence-corrected chi connectivity index (χ2v) is 4.26. The van der Waals surface area contributed by atoms with Crippen molar-refractivity contribution >= 4 is 5.97 Å². The molecule has 1 unspecified atom stereocenters. The van der Waals surface area contributed by atoms with Gasteiger partial charge in [-0.1, -0.05) is 12.1 Å². The number of rotatable bonds is 5. The molecule has 4 nitrogen and oxygen atoms in total. The van der Waals surface area contributed by atoms with Gasteiger partial charge in [0, 0.05) is 12.3 Å². The van der Waals surface area contributed by atoms with E-state index in [1.807, 2.05) is 0 Å². The van der Waals surface area contributed by atoms with Crippen LogP contribution in [-0.4, -0.2) is 17.6 Å². The zero-order chi connectivity index (χ0) is 13.8. The van der Waals surface area contributed by atoms with Crippen LogP contribution in [0.3, 0.4) is 0 Å². The summed E-state index contributed by atoms with van der Waals surface area (Å²) in [6.07, 6.45) is 0.438. The summed E-state index contributed by atoms with van der Waals surface area (Å²) in [5.74, 6) is -1.12. The molecule has 100 valence electrons. The molecule has 0 saturated heterocycles. The molecule has 1 aromatic carbocycles. The number of benzene rings is 1. The second-order valence-electron chi connectivity index (χ2n) is 4.26. The lowest BCUT2D eigenvalue weighted by molar-refractivity contribution is 0.0660. The number of halogens is 1. The van der Waals surface area contributed by atoms with Gasteiger partial charge in [0.1, 0.15) is 11.6 Å². The maximum atomic E-state index is 13.2. The number of hydrogen-bond donors (Lipinski definition) is 2. The van der Waals surface area contributed by atoms with Crippen molar-refractivity contribution in [3.05, 3.63) is 59.3 Å². The fraction of sp³-hybridized carbons (Fsp3) is 0.214. The third-order valence-corrected chi connectivity index (χ3v) is 2.92. The maximum absolute atomic E-state index is 13.2. The highest BCUT2D eigenvalue weighted by Gasteiger charge is 2.15. The lowest BCUT2D eigenvalue weighted by Crippen LogP contribution is -2.15. The Labute approximate surface area is 109 Å². The van der Waals surface area contributed by atoms with E-state index in [0.717, 1.165) is 5.56 Å². The van der Waals surface area contributed by atoms with Gasteiger partial charge in [-0.15, -0.1) is 0 Å². The molecule has 3 N–H and O–H groups in total. The zero-order valence-corrected chi connectivity index (χ0v) is 10.2. The first-order chi connectivity index (χ1) is 9.10. The molecule has 0 aliphatic rings. The van der Waals surface area contributed by atoms with Crippen molar-refractivity contribution in [2.24, 2.45) is 5.73 Å². The van der Waals surface area contributed by atoms with Crippen molar-refractivity contribution in [1.82, 2.24) is 0 Å². The average molecular weight is 263 g/mol. The van der Waals surface area contributed by atoms with Crippen LogP contribution in [0.25, 0.3) is 0 Å². The first-order valence-electron chi connectivity index (χ1n) is 5.87. The summed E-state index contributed by atoms with van der Waals surface area (Å²) in [5, 5.41) is 8.77. The predicted octanol–water partition coefficient (Wildman–Crippen LogP) is 2.40. The number of nitrogens with two attached hydrogens (primary N) is 1. The minimum Gasteiger partial charge on any atom is -0.475 e. The van der Waals surface area contributed by atoms with Crippen LogP contribution in [0.15, 0.2) is 40.8 Å². The van der Waals surface area contributed by atoms with Crippen LogP contribution in [-0.2, 0) is 6.42 Å². The minimum absolute atomic E-state index is 0.106. The van der Waals surface area contributed by atoms with Crippen LogP contribution in [0.1, 0.15) is 27.8 Å². The third-order valence-electron chi connectivity index (χ3n) is 2.92. The molecule has 0 radical (unpaired) electrons. The van der Waals surface area contributed by atoms with E-state index in [4.69, 9.17) is 15.3 Å². The highest BCUT2D eigenvalue weighted by molar-refractivity contribution is 5.84. The zero-order valence-electron chi connectivity index (χ0n) is 10.2. The molecule has 0 aliphatic heterocycles. The highest BCUT2D eigenvalue weighted by Crippen LogP contribution is 2.22. The van der Waals surface area contributed by atoms with Crippen LogP contribution in [0.5, 0.6) is 0 Å². The van der Waals surface area contributed by atoms with Gasteiger partial charge in [0.2, 0.25) is 5.76 Å². The standard InChI is InChI=1S/C14H14FNO3/c15-11-3-1-2-9(6-11)10(8-16)7-12-4-5-13(19-12)14(17)18/h1-6,10H,7-8,16H2,(H,17,18). The van der Waals surface area contributed by atoms with E-state index in [1.54, 1.807) is 18.2 Å². The lowest BCUT2D eigenvalue weighted by atomic mass is 9.95. The normalized spacial score (nSPS) is 12.3. The Bertz CT molecular complexity index is 580. The summed E-state index contributed by atoms with van der Waals surface area (Å²) in [6, 6.07) is 9.22. The minimum atomic E-state index is -1.11. The maximum Gasteiger partial charge on any atom is 0.371 e. The fourth-order valence-corrected chi connectivity index (χ4v) is 1.94. The monoisotopic (exact) mass is 263 g/mol. The van der Waals surface area contributed by atoms with Gasteiger partial charge in [-0.2, -0.15) is 0 Å². The van der Waals surface area contributed by atoms with Gasteiger partial charge in [0.05, 0.1) is 0 Å². The van der Waals surface area contributed by atoms with Crippen molar-refractivity contribution in [1.29, 1.82) is 0 Å². The van der Waals surface area contributed by atoms with Crippen LogP contribution >= 0.6 is 0 Å². The molecule has 0 saturated carbocycles. The molecule has 1 heterocycles. The summed E-state index contributed by atoms with van der Waals surface area (Å²) in [5.41, 5.74) is 6.46. The van der Waals surface area contributed by atoms with Gasteiger partial charge < -0.3 is 15.3 Å². The summed E-state index contributed by atoms with van der Waals surface area (Å²) in [7, 11) is 0. The largest absolute Gasteiger partial charge is 0.475 e. The first kappa shape index (κ1) is 13.3. The van der Waals surface area contributed by atoms with Crippen LogP contribution in [0.2, 0.25) is 0 Å². The molecule has 0 bridgehead atoms. The molecular formula is C14H14FNO3. The molecule has 1 aromatic heterocycles. The van der Waals surface area contributed by atoms with E-state index >= 15 is 0 Å². The molecule has 0 amide bonds. The molecule has 0 aliphatic carbocycles. The van der Waals surface area contributed by atoms with E-state index < -0.39 is 5.97 Å². The number of carboxylic acids is 1. The number of hydrogen-bond acceptors (Lipinski definition) is 3. The molecule has 19 heavy (non-hydrogen) atoms. The molecule has 2 rings (SSSR count). The Balaban J connectivity index is 2.16. The third kappa shape index (κ3) is 3.20. The molecular weight excluding hydrogens is 249 g/mol. The Hall–Kier alpha value is -2.14. The highest BCUT2D eigenvalue weighted by atomic mass is 19.1. The summed E-state index contributed by atoms with van der Waals surface area (Å²) < 4.78 is 18.4. The Morgan fingerprint density at radius 2 is 2.16 bits per heavy atom. The van der Waals surface area contributed by atoms with Crippen molar-refractivity contribution in [2.45, 2.75) is 12.3 Å². The summed E-state index contributed by atoms with van der Waals surface area (Å²) in [4.78, 5) is 10.7. The summed E-state index contributed by atoms with van der Waals surface area (Å²) >= 11 is 0. The van der Waals surface area contributed by atoms with Gasteiger partial charge in [-0.05, 0) is 36.4 Å². The SMILES string of the molecule is NCC(Cc1ccc(C(=O)O)o1)c1cccc(F)c1. The molecule has 2 aromatic rings. The number of carbonyl (C=O) groups is 1. The quantitative estimate of drug-likeness (QED) is 0.868. The van der Waals surface area contributed by atoms with E-state index in [9.17, 15) is 9.18 Å². The van der Waals surface area contributed by atoms with Crippen molar-refractivity contribution in [3.8, 4) is 0 Å². The molecule has 0 fully saturated rings. The lowest BCUT2D eigenvalue weighted by Gasteiger charge is -2.13. The van der Waals surface area contributed by atoms with E-state index in [0.29, 0.717) is 18.7 Å². The molecule has 0 spiro atoms. The molecule has 5 heteroatoms. The van der Waals surface area contributed by atoms with Crippen molar-refractivity contribution in [3.63, 3.8) is 0 Å². The van der Waals surface area contributed by atoms with Crippen molar-refractivity contribution in [2.75, 3.05) is 6.54 Å². The number of carboxylic acid groups (broad SMARTS) is 1. The fourth-order valence-electron chi connectivity index (χ4n) is 1.94. The smallest absolute Gasteiger partial charge is 0.371 e. The van der Waals surface area contributed by atoms with Crippen LogP contribution in [0.4, 0.5) is 4.39 Å². The first-order valence-corrected chi connectivity index (χ1v) is 5.87. The number of furan rings is 1.